The summed E-state index contributed by atoms with van der Waals surface area (Å²) in [5.41, 5.74) is 2.37. The third kappa shape index (κ3) is 5.84. The highest BCUT2D eigenvalue weighted by atomic mass is 16.5. The molecule has 0 atom stereocenters. The summed E-state index contributed by atoms with van der Waals surface area (Å²) in [6.07, 6.45) is 3.16. The van der Waals surface area contributed by atoms with Crippen LogP contribution in [0.3, 0.4) is 0 Å². The number of nitrogens with zero attached hydrogens (tertiary/aromatic N) is 3. The van der Waals surface area contributed by atoms with Crippen LogP contribution in [0, 0.1) is 6.92 Å². The second kappa shape index (κ2) is 10.3. The zero-order valence-corrected chi connectivity index (χ0v) is 17.2. The number of rotatable bonds is 9. The standard InChI is InChI=1S/C21H28N6O2/c1-4-22-21(23-11-9-16-8-7-15(2)18(14-16)28-3)24-12-10-19-25-20(27-26-19)17-6-5-13-29-17/h5-8,13-14H,4,9-12H2,1-3H3,(H2,22,23,24)(H,25,26,27). The average Bonchev–Trinajstić information content (AvgIpc) is 3.41. The molecule has 0 saturated carbocycles. The largest absolute Gasteiger partial charge is 0.496 e. The molecule has 0 aliphatic rings. The Hall–Kier alpha value is -3.29. The Balaban J connectivity index is 1.49. The molecule has 2 aromatic heterocycles. The Labute approximate surface area is 170 Å². The van der Waals surface area contributed by atoms with Gasteiger partial charge in [0.05, 0.1) is 13.4 Å². The fourth-order valence-electron chi connectivity index (χ4n) is 2.88. The van der Waals surface area contributed by atoms with Crippen molar-refractivity contribution in [2.45, 2.75) is 26.7 Å². The van der Waals surface area contributed by atoms with Crippen LogP contribution < -0.4 is 15.4 Å². The van der Waals surface area contributed by atoms with Crippen molar-refractivity contribution in [3.05, 3.63) is 53.5 Å². The Bertz CT molecular complexity index is 917. The lowest BCUT2D eigenvalue weighted by Gasteiger charge is -2.12. The van der Waals surface area contributed by atoms with Crippen molar-refractivity contribution >= 4 is 5.96 Å². The molecule has 0 bridgehead atoms. The number of H-pyrrole nitrogens is 1. The molecule has 29 heavy (non-hydrogen) atoms. The van der Waals surface area contributed by atoms with E-state index in [4.69, 9.17) is 9.15 Å². The molecule has 3 aromatic rings. The predicted molar refractivity (Wildman–Crippen MR) is 113 cm³/mol. The number of benzene rings is 1. The second-order valence-corrected chi connectivity index (χ2v) is 6.57. The lowest BCUT2D eigenvalue weighted by molar-refractivity contribution is 0.411. The highest BCUT2D eigenvalue weighted by Gasteiger charge is 2.08. The summed E-state index contributed by atoms with van der Waals surface area (Å²) >= 11 is 0. The van der Waals surface area contributed by atoms with Crippen molar-refractivity contribution < 1.29 is 9.15 Å². The van der Waals surface area contributed by atoms with Crippen molar-refractivity contribution in [1.29, 1.82) is 0 Å². The summed E-state index contributed by atoms with van der Waals surface area (Å²) in [6.45, 7) is 6.27. The van der Waals surface area contributed by atoms with E-state index < -0.39 is 0 Å². The van der Waals surface area contributed by atoms with Crippen LogP contribution in [0.4, 0.5) is 0 Å². The van der Waals surface area contributed by atoms with E-state index in [1.165, 1.54) is 5.56 Å². The number of ether oxygens (including phenoxy) is 1. The van der Waals surface area contributed by atoms with Gasteiger partial charge in [0.2, 0.25) is 5.82 Å². The zero-order chi connectivity index (χ0) is 20.5. The minimum absolute atomic E-state index is 0.563. The molecule has 154 valence electrons. The molecule has 3 N–H and O–H groups in total. The van der Waals surface area contributed by atoms with Gasteiger partial charge in [0.15, 0.2) is 11.7 Å². The minimum atomic E-state index is 0.563. The van der Waals surface area contributed by atoms with Crippen LogP contribution in [0.5, 0.6) is 5.75 Å². The molecule has 0 saturated heterocycles. The molecule has 3 rings (SSSR count). The molecule has 1 aromatic carbocycles. The van der Waals surface area contributed by atoms with Gasteiger partial charge in [0.25, 0.3) is 0 Å². The summed E-state index contributed by atoms with van der Waals surface area (Å²) in [4.78, 5) is 9.06. The van der Waals surface area contributed by atoms with Gasteiger partial charge in [-0.05, 0) is 49.6 Å². The Kier molecular flexibility index (Phi) is 7.27. The maximum absolute atomic E-state index is 5.40. The molecular weight excluding hydrogens is 368 g/mol. The topological polar surface area (TPSA) is 100 Å². The molecule has 0 amide bonds. The van der Waals surface area contributed by atoms with E-state index in [1.807, 2.05) is 26.0 Å². The number of aliphatic imine (C=N–C) groups is 1. The molecule has 8 nitrogen and oxygen atoms in total. The average molecular weight is 396 g/mol. The van der Waals surface area contributed by atoms with Crippen LogP contribution in [0.25, 0.3) is 11.6 Å². The summed E-state index contributed by atoms with van der Waals surface area (Å²) in [6, 6.07) is 9.95. The Morgan fingerprint density at radius 2 is 2.14 bits per heavy atom. The number of methoxy groups -OCH3 is 1. The van der Waals surface area contributed by atoms with Crippen LogP contribution in [-0.2, 0) is 12.8 Å². The third-order valence-corrected chi connectivity index (χ3v) is 4.41. The first kappa shape index (κ1) is 20.4. The maximum Gasteiger partial charge on any atom is 0.216 e. The van der Waals surface area contributed by atoms with Gasteiger partial charge in [0, 0.05) is 26.1 Å². The summed E-state index contributed by atoms with van der Waals surface area (Å²) in [5, 5.41) is 13.8. The monoisotopic (exact) mass is 396 g/mol. The van der Waals surface area contributed by atoms with Crippen molar-refractivity contribution in [3.8, 4) is 17.3 Å². The highest BCUT2D eigenvalue weighted by Crippen LogP contribution is 2.19. The van der Waals surface area contributed by atoms with E-state index in [0.717, 1.165) is 42.6 Å². The predicted octanol–water partition coefficient (Wildman–Crippen LogP) is 2.72. The first-order valence-electron chi connectivity index (χ1n) is 9.80. The van der Waals surface area contributed by atoms with Gasteiger partial charge in [-0.3, -0.25) is 10.1 Å². The number of guanidine groups is 1. The number of hydrogen-bond donors (Lipinski definition) is 3. The zero-order valence-electron chi connectivity index (χ0n) is 17.2. The van der Waals surface area contributed by atoms with Crippen molar-refractivity contribution in [3.63, 3.8) is 0 Å². The molecule has 0 fully saturated rings. The SMILES string of the molecule is CCNC(=NCCc1nc(-c2ccco2)n[nH]1)NCCc1ccc(C)c(OC)c1. The van der Waals surface area contributed by atoms with Crippen LogP contribution >= 0.6 is 0 Å². The van der Waals surface area contributed by atoms with Gasteiger partial charge in [-0.1, -0.05) is 12.1 Å². The van der Waals surface area contributed by atoms with Crippen molar-refractivity contribution in [2.24, 2.45) is 4.99 Å². The number of aromatic amines is 1. The van der Waals surface area contributed by atoms with Gasteiger partial charge in [-0.15, -0.1) is 0 Å². The van der Waals surface area contributed by atoms with Gasteiger partial charge in [0.1, 0.15) is 11.6 Å². The van der Waals surface area contributed by atoms with Crippen LogP contribution in [0.15, 0.2) is 46.0 Å². The normalized spacial score (nSPS) is 11.5. The number of aryl methyl sites for hydroxylation is 1. The highest BCUT2D eigenvalue weighted by molar-refractivity contribution is 5.79. The number of nitrogens with one attached hydrogen (secondary N) is 3. The molecule has 0 aliphatic carbocycles. The summed E-state index contributed by atoms with van der Waals surface area (Å²) < 4.78 is 10.7. The molecular formula is C21H28N6O2. The van der Waals surface area contributed by atoms with Crippen molar-refractivity contribution in [1.82, 2.24) is 25.8 Å². The van der Waals surface area contributed by atoms with Crippen LogP contribution in [0.1, 0.15) is 23.9 Å². The van der Waals surface area contributed by atoms with Crippen LogP contribution in [-0.4, -0.2) is 47.9 Å². The Morgan fingerprint density at radius 3 is 2.90 bits per heavy atom. The number of furan rings is 1. The van der Waals surface area contributed by atoms with Gasteiger partial charge in [-0.25, -0.2) is 4.98 Å². The van der Waals surface area contributed by atoms with Crippen molar-refractivity contribution in [2.75, 3.05) is 26.7 Å². The fraction of sp³-hybridized carbons (Fsp3) is 0.381. The molecule has 0 radical (unpaired) electrons. The first-order chi connectivity index (χ1) is 14.2. The summed E-state index contributed by atoms with van der Waals surface area (Å²) in [5.74, 6) is 3.70. The Morgan fingerprint density at radius 1 is 1.24 bits per heavy atom. The smallest absolute Gasteiger partial charge is 0.216 e. The quantitative estimate of drug-likeness (QED) is 0.380. The molecule has 2 heterocycles. The minimum Gasteiger partial charge on any atom is -0.496 e. The van der Waals surface area contributed by atoms with E-state index in [1.54, 1.807) is 13.4 Å². The maximum atomic E-state index is 5.40. The number of hydrogen-bond acceptors (Lipinski definition) is 5. The summed E-state index contributed by atoms with van der Waals surface area (Å²) in [7, 11) is 1.70. The van der Waals surface area contributed by atoms with E-state index >= 15 is 0 Å². The van der Waals surface area contributed by atoms with Gasteiger partial charge >= 0.3 is 0 Å². The van der Waals surface area contributed by atoms with Gasteiger partial charge < -0.3 is 19.8 Å². The fourth-order valence-corrected chi connectivity index (χ4v) is 2.88. The lowest BCUT2D eigenvalue weighted by atomic mass is 10.1. The van der Waals surface area contributed by atoms with E-state index in [2.05, 4.69) is 49.0 Å². The second-order valence-electron chi connectivity index (χ2n) is 6.57. The van der Waals surface area contributed by atoms with Gasteiger partial charge in [-0.2, -0.15) is 5.10 Å². The van der Waals surface area contributed by atoms with E-state index in [-0.39, 0.29) is 0 Å². The molecule has 8 heteroatoms. The third-order valence-electron chi connectivity index (χ3n) is 4.41. The van der Waals surface area contributed by atoms with Crippen LogP contribution in [0.2, 0.25) is 0 Å². The number of aromatic nitrogens is 3. The van der Waals surface area contributed by atoms with E-state index in [0.29, 0.717) is 24.6 Å². The molecule has 0 aliphatic heterocycles. The molecule has 0 spiro atoms. The first-order valence-corrected chi connectivity index (χ1v) is 9.80. The van der Waals surface area contributed by atoms with E-state index in [9.17, 15) is 0 Å². The molecule has 0 unspecified atom stereocenters. The lowest BCUT2D eigenvalue weighted by Crippen LogP contribution is -2.38.